The Morgan fingerprint density at radius 1 is 1.50 bits per heavy atom. The summed E-state index contributed by atoms with van der Waals surface area (Å²) >= 11 is 6.28. The molecular weight excluding hydrogens is 278 g/mol. The molecule has 1 N–H and O–H groups in total. The first kappa shape index (κ1) is 15.0. The highest BCUT2D eigenvalue weighted by Gasteiger charge is 2.27. The molecule has 0 radical (unpaired) electrons. The summed E-state index contributed by atoms with van der Waals surface area (Å²) in [5.41, 5.74) is 1.73. The molecular formula is C15H20ClNO3. The third-order valence-electron chi connectivity index (χ3n) is 3.18. The van der Waals surface area contributed by atoms with Gasteiger partial charge in [-0.25, -0.2) is 0 Å². The molecule has 1 amide bonds. The first-order chi connectivity index (χ1) is 9.42. The number of nitrogens with one attached hydrogen (secondary N) is 1. The number of methoxy groups -OCH3 is 1. The molecule has 1 aliphatic rings. The van der Waals surface area contributed by atoms with Gasteiger partial charge in [-0.05, 0) is 32.9 Å². The summed E-state index contributed by atoms with van der Waals surface area (Å²) in [5, 5.41) is 2.01. The van der Waals surface area contributed by atoms with Crippen LogP contribution < -0.4 is 14.8 Å². The van der Waals surface area contributed by atoms with E-state index in [0.717, 1.165) is 17.7 Å². The van der Waals surface area contributed by atoms with Gasteiger partial charge in [0.1, 0.15) is 23.0 Å². The normalized spacial score (nSPS) is 18.4. The summed E-state index contributed by atoms with van der Waals surface area (Å²) in [4.78, 5) is 12.0. The average molecular weight is 298 g/mol. The van der Waals surface area contributed by atoms with E-state index in [9.17, 15) is 4.79 Å². The van der Waals surface area contributed by atoms with E-state index in [-0.39, 0.29) is 18.1 Å². The van der Waals surface area contributed by atoms with Gasteiger partial charge in [0.25, 0.3) is 0 Å². The number of hydrogen-bond acceptors (Lipinski definition) is 3. The smallest absolute Gasteiger partial charge is 0.242 e. The molecule has 1 aliphatic heterocycles. The lowest BCUT2D eigenvalue weighted by Gasteiger charge is -2.17. The minimum Gasteiger partial charge on any atom is -0.496 e. The lowest BCUT2D eigenvalue weighted by Crippen LogP contribution is -2.32. The van der Waals surface area contributed by atoms with Crippen LogP contribution in [0.25, 0.3) is 0 Å². The topological polar surface area (TPSA) is 47.6 Å². The number of fused-ring (bicyclic) bond motifs is 1. The highest BCUT2D eigenvalue weighted by molar-refractivity contribution is 6.31. The Bertz CT molecular complexity index is 516. The van der Waals surface area contributed by atoms with Crippen LogP contribution >= 0.6 is 11.6 Å². The van der Waals surface area contributed by atoms with Gasteiger partial charge in [-0.1, -0.05) is 0 Å². The fraction of sp³-hybridized carbons (Fsp3) is 0.533. The van der Waals surface area contributed by atoms with Crippen molar-refractivity contribution in [3.05, 3.63) is 23.3 Å². The van der Waals surface area contributed by atoms with Crippen LogP contribution in [0, 0.1) is 0 Å². The molecule has 0 fully saturated rings. The van der Waals surface area contributed by atoms with E-state index < -0.39 is 5.38 Å². The van der Waals surface area contributed by atoms with Crippen molar-refractivity contribution >= 4 is 17.5 Å². The molecule has 110 valence electrons. The van der Waals surface area contributed by atoms with Gasteiger partial charge in [-0.3, -0.25) is 4.79 Å². The standard InChI is InChI=1S/C15H20ClNO3/c1-8(2)17-15(18)14(16)11-7-12-10(5-9(3)20-12)6-13(11)19-4/h6-9,14H,5H2,1-4H3,(H,17,18). The molecule has 2 rings (SSSR count). The molecule has 0 bridgehead atoms. The summed E-state index contributed by atoms with van der Waals surface area (Å²) in [6, 6.07) is 3.77. The van der Waals surface area contributed by atoms with E-state index in [0.29, 0.717) is 11.3 Å². The third-order valence-corrected chi connectivity index (χ3v) is 3.62. The Morgan fingerprint density at radius 3 is 2.80 bits per heavy atom. The minimum absolute atomic E-state index is 0.0421. The zero-order valence-corrected chi connectivity index (χ0v) is 13.0. The summed E-state index contributed by atoms with van der Waals surface area (Å²) < 4.78 is 11.1. The van der Waals surface area contributed by atoms with Crippen LogP contribution in [-0.2, 0) is 11.2 Å². The quantitative estimate of drug-likeness (QED) is 0.869. The Kier molecular flexibility index (Phi) is 4.43. The van der Waals surface area contributed by atoms with Gasteiger partial charge in [0.2, 0.25) is 5.91 Å². The molecule has 1 aromatic carbocycles. The van der Waals surface area contributed by atoms with Gasteiger partial charge in [-0.15, -0.1) is 11.6 Å². The second-order valence-corrected chi connectivity index (χ2v) is 5.80. The molecule has 2 unspecified atom stereocenters. The Labute approximate surface area is 124 Å². The summed E-state index contributed by atoms with van der Waals surface area (Å²) in [5.74, 6) is 1.18. The second-order valence-electron chi connectivity index (χ2n) is 5.36. The summed E-state index contributed by atoms with van der Waals surface area (Å²) in [7, 11) is 1.58. The van der Waals surface area contributed by atoms with E-state index in [2.05, 4.69) is 5.32 Å². The summed E-state index contributed by atoms with van der Waals surface area (Å²) in [6.45, 7) is 5.80. The predicted molar refractivity (Wildman–Crippen MR) is 78.7 cm³/mol. The Hall–Kier alpha value is -1.42. The zero-order chi connectivity index (χ0) is 14.9. The largest absolute Gasteiger partial charge is 0.496 e. The minimum atomic E-state index is -0.794. The fourth-order valence-corrected chi connectivity index (χ4v) is 2.56. The van der Waals surface area contributed by atoms with Crippen LogP contribution in [0.2, 0.25) is 0 Å². The van der Waals surface area contributed by atoms with Crippen molar-refractivity contribution in [1.82, 2.24) is 5.32 Å². The molecule has 4 nitrogen and oxygen atoms in total. The van der Waals surface area contributed by atoms with E-state index in [1.54, 1.807) is 7.11 Å². The number of hydrogen-bond donors (Lipinski definition) is 1. The maximum absolute atomic E-state index is 12.0. The number of carbonyl (C=O) groups is 1. The van der Waals surface area contributed by atoms with E-state index in [4.69, 9.17) is 21.1 Å². The molecule has 0 saturated carbocycles. The van der Waals surface area contributed by atoms with Crippen molar-refractivity contribution in [3.8, 4) is 11.5 Å². The third kappa shape index (κ3) is 3.01. The lowest BCUT2D eigenvalue weighted by molar-refractivity contribution is -0.121. The molecule has 0 aliphatic carbocycles. The van der Waals surface area contributed by atoms with Crippen molar-refractivity contribution in [2.45, 2.75) is 44.7 Å². The van der Waals surface area contributed by atoms with E-state index in [1.807, 2.05) is 32.9 Å². The molecule has 0 saturated heterocycles. The van der Waals surface area contributed by atoms with Crippen LogP contribution in [0.3, 0.4) is 0 Å². The van der Waals surface area contributed by atoms with E-state index in [1.165, 1.54) is 0 Å². The van der Waals surface area contributed by atoms with Gasteiger partial charge in [0.05, 0.1) is 7.11 Å². The molecule has 1 aromatic rings. The van der Waals surface area contributed by atoms with Crippen LogP contribution in [-0.4, -0.2) is 25.2 Å². The number of carbonyl (C=O) groups excluding carboxylic acids is 1. The average Bonchev–Trinajstić information content (AvgIpc) is 2.74. The first-order valence-corrected chi connectivity index (χ1v) is 7.18. The van der Waals surface area contributed by atoms with E-state index >= 15 is 0 Å². The van der Waals surface area contributed by atoms with Crippen LogP contribution in [0.5, 0.6) is 11.5 Å². The molecule has 0 spiro atoms. The van der Waals surface area contributed by atoms with Crippen molar-refractivity contribution in [2.24, 2.45) is 0 Å². The fourth-order valence-electron chi connectivity index (χ4n) is 2.33. The molecule has 2 atom stereocenters. The van der Waals surface area contributed by atoms with Crippen molar-refractivity contribution in [3.63, 3.8) is 0 Å². The van der Waals surface area contributed by atoms with Gasteiger partial charge in [-0.2, -0.15) is 0 Å². The van der Waals surface area contributed by atoms with Gasteiger partial charge in [0, 0.05) is 23.6 Å². The van der Waals surface area contributed by atoms with Crippen LogP contribution in [0.1, 0.15) is 37.3 Å². The van der Waals surface area contributed by atoms with Crippen LogP contribution in [0.15, 0.2) is 12.1 Å². The van der Waals surface area contributed by atoms with Crippen molar-refractivity contribution in [2.75, 3.05) is 7.11 Å². The Balaban J connectivity index is 2.31. The maximum atomic E-state index is 12.0. The highest BCUT2D eigenvalue weighted by Crippen LogP contribution is 2.39. The number of halogens is 1. The number of alkyl halides is 1. The number of benzene rings is 1. The molecule has 0 aromatic heterocycles. The van der Waals surface area contributed by atoms with Gasteiger partial charge < -0.3 is 14.8 Å². The lowest BCUT2D eigenvalue weighted by atomic mass is 10.0. The first-order valence-electron chi connectivity index (χ1n) is 6.74. The zero-order valence-electron chi connectivity index (χ0n) is 12.2. The van der Waals surface area contributed by atoms with Gasteiger partial charge >= 0.3 is 0 Å². The van der Waals surface area contributed by atoms with Crippen LogP contribution in [0.4, 0.5) is 0 Å². The molecule has 1 heterocycles. The van der Waals surface area contributed by atoms with Gasteiger partial charge in [0.15, 0.2) is 0 Å². The second kappa shape index (κ2) is 5.92. The highest BCUT2D eigenvalue weighted by atomic mass is 35.5. The number of amides is 1. The molecule has 20 heavy (non-hydrogen) atoms. The maximum Gasteiger partial charge on any atom is 0.242 e. The monoisotopic (exact) mass is 297 g/mol. The molecule has 5 heteroatoms. The van der Waals surface area contributed by atoms with Crippen molar-refractivity contribution < 1.29 is 14.3 Å². The predicted octanol–water partition coefficient (Wildman–Crippen LogP) is 2.82. The summed E-state index contributed by atoms with van der Waals surface area (Å²) in [6.07, 6.45) is 0.986. The van der Waals surface area contributed by atoms with Crippen molar-refractivity contribution in [1.29, 1.82) is 0 Å². The number of rotatable bonds is 4. The SMILES string of the molecule is COc1cc2c(cc1C(Cl)C(=O)NC(C)C)OC(C)C2. The number of ether oxygens (including phenoxy) is 2. The Morgan fingerprint density at radius 2 is 2.20 bits per heavy atom.